The Morgan fingerprint density at radius 1 is 1.31 bits per heavy atom. The molecule has 0 amide bonds. The van der Waals surface area contributed by atoms with Crippen molar-refractivity contribution < 1.29 is 5.11 Å². The second-order valence-corrected chi connectivity index (χ2v) is 3.42. The zero-order valence-electron chi connectivity index (χ0n) is 8.46. The Labute approximate surface area is 79.6 Å². The summed E-state index contributed by atoms with van der Waals surface area (Å²) < 4.78 is 0. The van der Waals surface area contributed by atoms with Crippen LogP contribution in [0.25, 0.3) is 0 Å². The Balaban J connectivity index is 2.84. The van der Waals surface area contributed by atoms with Crippen LogP contribution in [0.5, 0.6) is 0 Å². The van der Waals surface area contributed by atoms with Gasteiger partial charge in [-0.25, -0.2) is 0 Å². The summed E-state index contributed by atoms with van der Waals surface area (Å²) >= 11 is 0. The van der Waals surface area contributed by atoms with Crippen LogP contribution in [0.1, 0.15) is 22.8 Å². The van der Waals surface area contributed by atoms with Crippen molar-refractivity contribution in [2.24, 2.45) is 0 Å². The third-order valence-electron chi connectivity index (χ3n) is 2.31. The first-order valence-corrected chi connectivity index (χ1v) is 4.55. The molecule has 0 unspecified atom stereocenters. The normalized spacial score (nSPS) is 12.9. The second kappa shape index (κ2) is 4.40. The van der Waals surface area contributed by atoms with Crippen LogP contribution in [0.4, 0.5) is 0 Å². The van der Waals surface area contributed by atoms with Gasteiger partial charge in [0, 0.05) is 6.54 Å². The van der Waals surface area contributed by atoms with E-state index >= 15 is 0 Å². The summed E-state index contributed by atoms with van der Waals surface area (Å²) in [4.78, 5) is 0. The van der Waals surface area contributed by atoms with Gasteiger partial charge in [-0.15, -0.1) is 0 Å². The van der Waals surface area contributed by atoms with Crippen LogP contribution in [0.2, 0.25) is 0 Å². The first-order valence-electron chi connectivity index (χ1n) is 4.55. The van der Waals surface area contributed by atoms with Gasteiger partial charge in [0.25, 0.3) is 0 Å². The molecule has 0 radical (unpaired) electrons. The molecule has 1 atom stereocenters. The molecule has 0 spiro atoms. The highest BCUT2D eigenvalue weighted by Gasteiger charge is 2.06. The van der Waals surface area contributed by atoms with Gasteiger partial charge < -0.3 is 10.4 Å². The predicted molar refractivity (Wildman–Crippen MR) is 54.8 cm³/mol. The number of aliphatic hydroxyl groups is 1. The van der Waals surface area contributed by atoms with E-state index in [1.807, 2.05) is 25.2 Å². The summed E-state index contributed by atoms with van der Waals surface area (Å²) in [5.41, 5.74) is 3.48. The molecule has 2 heteroatoms. The Bertz CT molecular complexity index is 283. The number of aryl methyl sites for hydroxylation is 2. The number of aliphatic hydroxyl groups excluding tert-OH is 1. The maximum atomic E-state index is 9.67. The van der Waals surface area contributed by atoms with Crippen molar-refractivity contribution in [3.8, 4) is 0 Å². The Morgan fingerprint density at radius 2 is 2.00 bits per heavy atom. The Kier molecular flexibility index (Phi) is 3.46. The lowest BCUT2D eigenvalue weighted by atomic mass is 10.0. The molecule has 0 aliphatic carbocycles. The molecule has 1 rings (SSSR count). The van der Waals surface area contributed by atoms with Gasteiger partial charge in [0.15, 0.2) is 0 Å². The third-order valence-corrected chi connectivity index (χ3v) is 2.31. The highest BCUT2D eigenvalue weighted by molar-refractivity contribution is 5.31. The molecule has 0 heterocycles. The highest BCUT2D eigenvalue weighted by atomic mass is 16.3. The van der Waals surface area contributed by atoms with Crippen molar-refractivity contribution >= 4 is 0 Å². The van der Waals surface area contributed by atoms with Gasteiger partial charge >= 0.3 is 0 Å². The maximum absolute atomic E-state index is 9.67. The van der Waals surface area contributed by atoms with Crippen LogP contribution in [0.15, 0.2) is 18.2 Å². The van der Waals surface area contributed by atoms with Crippen LogP contribution < -0.4 is 5.32 Å². The van der Waals surface area contributed by atoms with Crippen molar-refractivity contribution in [2.75, 3.05) is 13.6 Å². The van der Waals surface area contributed by atoms with E-state index in [9.17, 15) is 5.11 Å². The van der Waals surface area contributed by atoms with Gasteiger partial charge in [-0.1, -0.05) is 18.2 Å². The molecular formula is C11H17NO. The topological polar surface area (TPSA) is 32.3 Å². The summed E-state index contributed by atoms with van der Waals surface area (Å²) in [5.74, 6) is 0. The zero-order valence-corrected chi connectivity index (χ0v) is 8.46. The van der Waals surface area contributed by atoms with Gasteiger partial charge in [-0.2, -0.15) is 0 Å². The van der Waals surface area contributed by atoms with Crippen LogP contribution in [-0.4, -0.2) is 18.7 Å². The molecule has 1 aromatic carbocycles. The first-order chi connectivity index (χ1) is 6.15. The van der Waals surface area contributed by atoms with E-state index in [2.05, 4.69) is 19.2 Å². The van der Waals surface area contributed by atoms with E-state index in [0.717, 1.165) is 5.56 Å². The summed E-state index contributed by atoms with van der Waals surface area (Å²) in [6, 6.07) is 6.06. The number of rotatable bonds is 3. The molecule has 2 N–H and O–H groups in total. The zero-order chi connectivity index (χ0) is 9.84. The van der Waals surface area contributed by atoms with Gasteiger partial charge in [0.05, 0.1) is 6.10 Å². The molecule has 0 aliphatic heterocycles. The molecule has 1 aromatic rings. The molecule has 0 aromatic heterocycles. The van der Waals surface area contributed by atoms with Crippen LogP contribution >= 0.6 is 0 Å². The summed E-state index contributed by atoms with van der Waals surface area (Å²) in [7, 11) is 1.84. The van der Waals surface area contributed by atoms with Gasteiger partial charge in [-0.05, 0) is 37.6 Å². The van der Waals surface area contributed by atoms with Crippen LogP contribution in [-0.2, 0) is 0 Å². The Morgan fingerprint density at radius 3 is 2.54 bits per heavy atom. The maximum Gasteiger partial charge on any atom is 0.0914 e. The minimum Gasteiger partial charge on any atom is -0.387 e. The van der Waals surface area contributed by atoms with Crippen LogP contribution in [0, 0.1) is 13.8 Å². The van der Waals surface area contributed by atoms with Crippen molar-refractivity contribution in [1.82, 2.24) is 5.32 Å². The van der Waals surface area contributed by atoms with Crippen molar-refractivity contribution in [3.05, 3.63) is 34.9 Å². The van der Waals surface area contributed by atoms with Crippen LogP contribution in [0.3, 0.4) is 0 Å². The fourth-order valence-corrected chi connectivity index (χ4v) is 1.28. The first kappa shape index (κ1) is 10.2. The lowest BCUT2D eigenvalue weighted by Crippen LogP contribution is -2.16. The minimum atomic E-state index is -0.399. The molecule has 0 fully saturated rings. The van der Waals surface area contributed by atoms with E-state index in [4.69, 9.17) is 0 Å². The highest BCUT2D eigenvalue weighted by Crippen LogP contribution is 2.16. The standard InChI is InChI=1S/C11H17NO/c1-8-4-5-10(6-9(8)2)11(13)7-12-3/h4-6,11-13H,7H2,1-3H3/t11-/m1/s1. The lowest BCUT2D eigenvalue weighted by molar-refractivity contribution is 0.177. The molecule has 72 valence electrons. The van der Waals surface area contributed by atoms with Crippen molar-refractivity contribution in [2.45, 2.75) is 20.0 Å². The monoisotopic (exact) mass is 179 g/mol. The smallest absolute Gasteiger partial charge is 0.0914 e. The molecule has 13 heavy (non-hydrogen) atoms. The minimum absolute atomic E-state index is 0.399. The summed E-state index contributed by atoms with van der Waals surface area (Å²) in [6.07, 6.45) is -0.399. The van der Waals surface area contributed by atoms with E-state index < -0.39 is 6.10 Å². The average Bonchev–Trinajstić information content (AvgIpc) is 2.10. The molecule has 2 nitrogen and oxygen atoms in total. The SMILES string of the molecule is CNC[C@@H](O)c1ccc(C)c(C)c1. The van der Waals surface area contributed by atoms with E-state index in [-0.39, 0.29) is 0 Å². The molecule has 0 saturated carbocycles. The number of benzene rings is 1. The Hall–Kier alpha value is -0.860. The van der Waals surface area contributed by atoms with E-state index in [0.29, 0.717) is 6.54 Å². The van der Waals surface area contributed by atoms with Gasteiger partial charge in [0.1, 0.15) is 0 Å². The molecule has 0 bridgehead atoms. The van der Waals surface area contributed by atoms with E-state index in [1.165, 1.54) is 11.1 Å². The predicted octanol–water partition coefficient (Wildman–Crippen LogP) is 1.56. The number of likely N-dealkylation sites (N-methyl/N-ethyl adjacent to an activating group) is 1. The van der Waals surface area contributed by atoms with Gasteiger partial charge in [-0.3, -0.25) is 0 Å². The van der Waals surface area contributed by atoms with E-state index in [1.54, 1.807) is 0 Å². The number of hydrogen-bond donors (Lipinski definition) is 2. The fourth-order valence-electron chi connectivity index (χ4n) is 1.28. The molecule has 0 aliphatic rings. The van der Waals surface area contributed by atoms with Crippen molar-refractivity contribution in [3.63, 3.8) is 0 Å². The largest absolute Gasteiger partial charge is 0.387 e. The van der Waals surface area contributed by atoms with Crippen molar-refractivity contribution in [1.29, 1.82) is 0 Å². The number of hydrogen-bond acceptors (Lipinski definition) is 2. The summed E-state index contributed by atoms with van der Waals surface area (Å²) in [5, 5.41) is 12.6. The third kappa shape index (κ3) is 2.54. The summed E-state index contributed by atoms with van der Waals surface area (Å²) in [6.45, 7) is 4.73. The average molecular weight is 179 g/mol. The van der Waals surface area contributed by atoms with Gasteiger partial charge in [0.2, 0.25) is 0 Å². The molecule has 0 saturated heterocycles. The lowest BCUT2D eigenvalue weighted by Gasteiger charge is -2.11. The molecular weight excluding hydrogens is 162 g/mol. The second-order valence-electron chi connectivity index (χ2n) is 3.42. The quantitative estimate of drug-likeness (QED) is 0.738. The fraction of sp³-hybridized carbons (Fsp3) is 0.455. The number of nitrogens with one attached hydrogen (secondary N) is 1.